The molecule has 2 rings (SSSR count). The Morgan fingerprint density at radius 3 is 2.33 bits per heavy atom. The number of alkyl halides is 3. The quantitative estimate of drug-likeness (QED) is 0.344. The monoisotopic (exact) mass is 396 g/mol. The summed E-state index contributed by atoms with van der Waals surface area (Å²) in [5, 5.41) is 0. The maximum absolute atomic E-state index is 6.62. The van der Waals surface area contributed by atoms with E-state index in [1.54, 1.807) is 5.57 Å². The van der Waals surface area contributed by atoms with Crippen molar-refractivity contribution in [3.05, 3.63) is 11.6 Å². The summed E-state index contributed by atoms with van der Waals surface area (Å²) in [7, 11) is 0. The predicted octanol–water partition coefficient (Wildman–Crippen LogP) is 6.06. The first-order valence-corrected chi connectivity index (χ1v) is 8.99. The van der Waals surface area contributed by atoms with E-state index in [2.05, 4.69) is 65.6 Å². The van der Waals surface area contributed by atoms with Crippen LogP contribution in [0.15, 0.2) is 11.6 Å². The summed E-state index contributed by atoms with van der Waals surface area (Å²) in [4.78, 5) is 0.856. The molecule has 4 atom stereocenters. The number of allylic oxidation sites excluding steroid dienone is 2. The minimum Gasteiger partial charge on any atom is -0.118 e. The SMILES string of the molecule is CC1=CC[C@@H](Br)C(C)(C)[C@]12CCC(C)(Cl)C(Br)C2. The van der Waals surface area contributed by atoms with E-state index in [1.165, 1.54) is 6.42 Å². The minimum absolute atomic E-state index is 0.0964. The normalized spacial score (nSPS) is 48.1. The molecule has 0 heterocycles. The van der Waals surface area contributed by atoms with E-state index in [4.69, 9.17) is 11.6 Å². The fourth-order valence-corrected chi connectivity index (χ4v) is 5.34. The molecule has 1 fully saturated rings. The smallest absolute Gasteiger partial charge is 0.0544 e. The zero-order chi connectivity index (χ0) is 13.8. The van der Waals surface area contributed by atoms with Crippen molar-refractivity contribution in [2.75, 3.05) is 0 Å². The van der Waals surface area contributed by atoms with Gasteiger partial charge in [-0.2, -0.15) is 0 Å². The third-order valence-corrected chi connectivity index (χ3v) is 9.19. The summed E-state index contributed by atoms with van der Waals surface area (Å²) >= 11 is 14.4. The molecule has 0 saturated heterocycles. The fraction of sp³-hybridized carbons (Fsp3) is 0.867. The van der Waals surface area contributed by atoms with Crippen LogP contribution in [0.1, 0.15) is 53.4 Å². The van der Waals surface area contributed by atoms with E-state index in [9.17, 15) is 0 Å². The Balaban J connectivity index is 2.41. The Bertz CT molecular complexity index is 373. The van der Waals surface area contributed by atoms with Gasteiger partial charge in [0, 0.05) is 9.65 Å². The van der Waals surface area contributed by atoms with E-state index >= 15 is 0 Å². The lowest BCUT2D eigenvalue weighted by atomic mass is 9.51. The van der Waals surface area contributed by atoms with Crippen molar-refractivity contribution in [1.82, 2.24) is 0 Å². The maximum atomic E-state index is 6.62. The summed E-state index contributed by atoms with van der Waals surface area (Å²) < 4.78 is 0. The summed E-state index contributed by atoms with van der Waals surface area (Å²) in [5.41, 5.74) is 2.15. The van der Waals surface area contributed by atoms with Crippen molar-refractivity contribution in [2.45, 2.75) is 67.9 Å². The first kappa shape index (κ1) is 15.4. The highest BCUT2D eigenvalue weighted by Gasteiger charge is 2.56. The Kier molecular flexibility index (Phi) is 4.08. The van der Waals surface area contributed by atoms with Gasteiger partial charge in [-0.1, -0.05) is 57.4 Å². The third kappa shape index (κ3) is 2.15. The van der Waals surface area contributed by atoms with Gasteiger partial charge < -0.3 is 0 Å². The topological polar surface area (TPSA) is 0 Å². The van der Waals surface area contributed by atoms with Gasteiger partial charge in [-0.15, -0.1) is 11.6 Å². The number of hydrogen-bond acceptors (Lipinski definition) is 0. The highest BCUT2D eigenvalue weighted by Crippen LogP contribution is 2.63. The Morgan fingerprint density at radius 2 is 1.78 bits per heavy atom. The zero-order valence-corrected chi connectivity index (χ0v) is 15.6. The lowest BCUT2D eigenvalue weighted by Gasteiger charge is -2.58. The molecule has 0 N–H and O–H groups in total. The molecule has 1 spiro atoms. The van der Waals surface area contributed by atoms with Crippen LogP contribution < -0.4 is 0 Å². The second-order valence-corrected chi connectivity index (χ2v) is 9.92. The van der Waals surface area contributed by atoms with Gasteiger partial charge >= 0.3 is 0 Å². The molecule has 0 bridgehead atoms. The Labute approximate surface area is 133 Å². The van der Waals surface area contributed by atoms with Gasteiger partial charge in [0.2, 0.25) is 0 Å². The molecule has 0 aromatic carbocycles. The third-order valence-electron chi connectivity index (χ3n) is 5.62. The second-order valence-electron chi connectivity index (χ2n) is 6.84. The van der Waals surface area contributed by atoms with E-state index in [0.717, 1.165) is 19.3 Å². The molecule has 2 unspecified atom stereocenters. The van der Waals surface area contributed by atoms with E-state index in [-0.39, 0.29) is 10.3 Å². The van der Waals surface area contributed by atoms with Crippen molar-refractivity contribution in [1.29, 1.82) is 0 Å². The van der Waals surface area contributed by atoms with Crippen LogP contribution in [0.3, 0.4) is 0 Å². The molecule has 2 aliphatic rings. The molecule has 0 aliphatic heterocycles. The van der Waals surface area contributed by atoms with E-state index in [0.29, 0.717) is 15.1 Å². The lowest BCUT2D eigenvalue weighted by Crippen LogP contribution is -2.53. The largest absolute Gasteiger partial charge is 0.118 e. The molecule has 0 aromatic rings. The van der Waals surface area contributed by atoms with E-state index in [1.807, 2.05) is 0 Å². The highest BCUT2D eigenvalue weighted by molar-refractivity contribution is 9.09. The summed E-state index contributed by atoms with van der Waals surface area (Å²) in [6, 6.07) is 0. The lowest BCUT2D eigenvalue weighted by molar-refractivity contribution is 0.0482. The van der Waals surface area contributed by atoms with Crippen molar-refractivity contribution >= 4 is 43.5 Å². The number of hydrogen-bond donors (Lipinski definition) is 0. The molecule has 2 aliphatic carbocycles. The highest BCUT2D eigenvalue weighted by atomic mass is 79.9. The van der Waals surface area contributed by atoms with Crippen LogP contribution >= 0.6 is 43.5 Å². The van der Waals surface area contributed by atoms with Gasteiger partial charge in [0.15, 0.2) is 0 Å². The molecule has 18 heavy (non-hydrogen) atoms. The van der Waals surface area contributed by atoms with Gasteiger partial charge in [-0.05, 0) is 50.4 Å². The van der Waals surface area contributed by atoms with Crippen LogP contribution in [0.2, 0.25) is 0 Å². The zero-order valence-electron chi connectivity index (χ0n) is 11.7. The molecule has 0 radical (unpaired) electrons. The summed E-state index contributed by atoms with van der Waals surface area (Å²) in [5.74, 6) is 0. The van der Waals surface area contributed by atoms with Crippen LogP contribution in [0, 0.1) is 10.8 Å². The average Bonchev–Trinajstić information content (AvgIpc) is 2.27. The maximum Gasteiger partial charge on any atom is 0.0544 e. The molecule has 0 amide bonds. The molecular formula is C15H23Br2Cl. The standard InChI is InChI=1S/C15H23Br2Cl/c1-10-5-6-11(16)13(2,3)15(10)8-7-14(4,18)12(17)9-15/h5,11-12H,6-9H2,1-4H3/t11-,12?,14?,15+/m1/s1. The molecule has 3 heteroatoms. The van der Waals surface area contributed by atoms with Crippen LogP contribution in [-0.2, 0) is 0 Å². The number of rotatable bonds is 0. The average molecular weight is 399 g/mol. The van der Waals surface area contributed by atoms with Gasteiger partial charge in [-0.25, -0.2) is 0 Å². The van der Waals surface area contributed by atoms with Crippen LogP contribution in [0.25, 0.3) is 0 Å². The second kappa shape index (κ2) is 4.77. The first-order valence-electron chi connectivity index (χ1n) is 6.78. The fourth-order valence-electron chi connectivity index (χ4n) is 3.76. The van der Waals surface area contributed by atoms with Crippen molar-refractivity contribution in [3.63, 3.8) is 0 Å². The minimum atomic E-state index is -0.0964. The Morgan fingerprint density at radius 1 is 1.17 bits per heavy atom. The predicted molar refractivity (Wildman–Crippen MR) is 88.1 cm³/mol. The van der Waals surface area contributed by atoms with Crippen molar-refractivity contribution in [3.8, 4) is 0 Å². The molecular weight excluding hydrogens is 375 g/mol. The van der Waals surface area contributed by atoms with Crippen LogP contribution in [0.4, 0.5) is 0 Å². The van der Waals surface area contributed by atoms with Gasteiger partial charge in [0.1, 0.15) is 0 Å². The van der Waals surface area contributed by atoms with Crippen molar-refractivity contribution < 1.29 is 0 Å². The Hall–Kier alpha value is 0.990. The van der Waals surface area contributed by atoms with Gasteiger partial charge in [-0.3, -0.25) is 0 Å². The first-order chi connectivity index (χ1) is 8.13. The van der Waals surface area contributed by atoms with Crippen LogP contribution in [-0.4, -0.2) is 14.5 Å². The molecule has 104 valence electrons. The van der Waals surface area contributed by atoms with Crippen LogP contribution in [0.5, 0.6) is 0 Å². The van der Waals surface area contributed by atoms with Gasteiger partial charge in [0.25, 0.3) is 0 Å². The number of halogens is 3. The van der Waals surface area contributed by atoms with Crippen molar-refractivity contribution in [2.24, 2.45) is 10.8 Å². The van der Waals surface area contributed by atoms with E-state index < -0.39 is 0 Å². The summed E-state index contributed by atoms with van der Waals surface area (Å²) in [6.07, 6.45) is 7.00. The summed E-state index contributed by atoms with van der Waals surface area (Å²) in [6.45, 7) is 9.32. The molecule has 0 aromatic heterocycles. The van der Waals surface area contributed by atoms with Gasteiger partial charge in [0.05, 0.1) is 4.87 Å². The molecule has 1 saturated carbocycles. The molecule has 0 nitrogen and oxygen atoms in total.